The fraction of sp³-hybridized carbons (Fsp3) is 0.381. The highest BCUT2D eigenvalue weighted by Gasteiger charge is 2.13. The molecule has 2 N–H and O–H groups in total. The first-order valence-corrected chi connectivity index (χ1v) is 9.39. The molecular weight excluding hydrogens is 342 g/mol. The summed E-state index contributed by atoms with van der Waals surface area (Å²) in [6.07, 6.45) is 0.907. The van der Waals surface area contributed by atoms with Gasteiger partial charge >= 0.3 is 6.03 Å². The lowest BCUT2D eigenvalue weighted by atomic mass is 10.2. The van der Waals surface area contributed by atoms with Crippen molar-refractivity contribution in [2.75, 3.05) is 38.2 Å². The fourth-order valence-corrected chi connectivity index (χ4v) is 2.93. The zero-order valence-corrected chi connectivity index (χ0v) is 15.7. The molecule has 0 spiro atoms. The Hall–Kier alpha value is -2.57. The number of morpholine rings is 1. The number of rotatable bonds is 7. The molecule has 0 bridgehead atoms. The Kier molecular flexibility index (Phi) is 7.07. The minimum Gasteiger partial charge on any atom is -0.457 e. The summed E-state index contributed by atoms with van der Waals surface area (Å²) in [5.41, 5.74) is 0.696. The molecule has 1 saturated heterocycles. The first-order valence-electron chi connectivity index (χ1n) is 9.39. The molecule has 6 heteroatoms. The second-order valence-electron chi connectivity index (χ2n) is 6.69. The SMILES string of the molecule is CC(CCN1CCOCC1)NC(=O)Nc1cccc(Oc2ccccc2)c1. The monoisotopic (exact) mass is 369 g/mol. The summed E-state index contributed by atoms with van der Waals surface area (Å²) < 4.78 is 11.2. The van der Waals surface area contributed by atoms with E-state index in [1.54, 1.807) is 0 Å². The molecule has 0 aliphatic carbocycles. The van der Waals surface area contributed by atoms with Crippen LogP contribution in [-0.2, 0) is 4.74 Å². The minimum absolute atomic E-state index is 0.0941. The second-order valence-corrected chi connectivity index (χ2v) is 6.69. The molecule has 1 heterocycles. The van der Waals surface area contributed by atoms with Crippen LogP contribution in [0.4, 0.5) is 10.5 Å². The summed E-state index contributed by atoms with van der Waals surface area (Å²) in [6, 6.07) is 16.8. The van der Waals surface area contributed by atoms with E-state index in [1.165, 1.54) is 0 Å². The molecule has 1 fully saturated rings. The maximum absolute atomic E-state index is 12.2. The lowest BCUT2D eigenvalue weighted by Crippen LogP contribution is -2.41. The molecule has 1 aliphatic heterocycles. The molecule has 144 valence electrons. The number of carbonyl (C=O) groups excluding carboxylic acids is 1. The molecule has 0 radical (unpaired) electrons. The number of anilines is 1. The third-order valence-electron chi connectivity index (χ3n) is 4.43. The number of nitrogens with one attached hydrogen (secondary N) is 2. The summed E-state index contributed by atoms with van der Waals surface area (Å²) in [4.78, 5) is 14.6. The summed E-state index contributed by atoms with van der Waals surface area (Å²) in [5, 5.41) is 5.86. The van der Waals surface area contributed by atoms with Crippen molar-refractivity contribution >= 4 is 11.7 Å². The van der Waals surface area contributed by atoms with Gasteiger partial charge in [-0.15, -0.1) is 0 Å². The van der Waals surface area contributed by atoms with Gasteiger partial charge in [0.1, 0.15) is 11.5 Å². The maximum atomic E-state index is 12.2. The van der Waals surface area contributed by atoms with E-state index in [1.807, 2.05) is 61.5 Å². The first kappa shape index (κ1) is 19.2. The largest absolute Gasteiger partial charge is 0.457 e. The summed E-state index contributed by atoms with van der Waals surface area (Å²) in [7, 11) is 0. The third kappa shape index (κ3) is 6.58. The zero-order chi connectivity index (χ0) is 18.9. The van der Waals surface area contributed by atoms with Crippen molar-refractivity contribution in [3.05, 3.63) is 54.6 Å². The van der Waals surface area contributed by atoms with Gasteiger partial charge in [-0.3, -0.25) is 4.90 Å². The van der Waals surface area contributed by atoms with Crippen LogP contribution < -0.4 is 15.4 Å². The summed E-state index contributed by atoms with van der Waals surface area (Å²) in [5.74, 6) is 1.44. The number of ether oxygens (including phenoxy) is 2. The van der Waals surface area contributed by atoms with E-state index in [4.69, 9.17) is 9.47 Å². The number of nitrogens with zero attached hydrogens (tertiary/aromatic N) is 1. The van der Waals surface area contributed by atoms with Gasteiger partial charge in [0, 0.05) is 37.4 Å². The summed E-state index contributed by atoms with van der Waals surface area (Å²) >= 11 is 0. The molecule has 2 aromatic carbocycles. The van der Waals surface area contributed by atoms with Gasteiger partial charge in [0.25, 0.3) is 0 Å². The van der Waals surface area contributed by atoms with Crippen LogP contribution in [0.2, 0.25) is 0 Å². The van der Waals surface area contributed by atoms with Crippen molar-refractivity contribution in [3.63, 3.8) is 0 Å². The van der Waals surface area contributed by atoms with Crippen LogP contribution in [-0.4, -0.2) is 49.8 Å². The van der Waals surface area contributed by atoms with Crippen molar-refractivity contribution in [1.29, 1.82) is 0 Å². The van der Waals surface area contributed by atoms with Crippen LogP contribution in [0.5, 0.6) is 11.5 Å². The van der Waals surface area contributed by atoms with Gasteiger partial charge in [-0.2, -0.15) is 0 Å². The number of amides is 2. The molecular formula is C21H27N3O3. The standard InChI is InChI=1S/C21H27N3O3/c1-17(10-11-24-12-14-26-15-13-24)22-21(25)23-18-6-5-9-20(16-18)27-19-7-3-2-4-8-19/h2-9,16-17H,10-15H2,1H3,(H2,22,23,25). The Bertz CT molecular complexity index is 718. The van der Waals surface area contributed by atoms with Crippen molar-refractivity contribution < 1.29 is 14.3 Å². The normalized spacial score (nSPS) is 15.7. The van der Waals surface area contributed by atoms with Crippen molar-refractivity contribution in [2.24, 2.45) is 0 Å². The van der Waals surface area contributed by atoms with Gasteiger partial charge in [-0.25, -0.2) is 4.79 Å². The predicted molar refractivity (Wildman–Crippen MR) is 106 cm³/mol. The van der Waals surface area contributed by atoms with E-state index in [2.05, 4.69) is 15.5 Å². The number of hydrogen-bond acceptors (Lipinski definition) is 4. The third-order valence-corrected chi connectivity index (χ3v) is 4.43. The Morgan fingerprint density at radius 3 is 2.63 bits per heavy atom. The van der Waals surface area contributed by atoms with E-state index in [0.29, 0.717) is 11.4 Å². The van der Waals surface area contributed by atoms with Gasteiger partial charge < -0.3 is 20.1 Å². The molecule has 27 heavy (non-hydrogen) atoms. The average Bonchev–Trinajstić information content (AvgIpc) is 2.68. The molecule has 1 unspecified atom stereocenters. The molecule has 2 amide bonds. The maximum Gasteiger partial charge on any atom is 0.319 e. The molecule has 1 atom stereocenters. The van der Waals surface area contributed by atoms with Crippen molar-refractivity contribution in [2.45, 2.75) is 19.4 Å². The number of para-hydroxylation sites is 1. The first-order chi connectivity index (χ1) is 13.2. The lowest BCUT2D eigenvalue weighted by molar-refractivity contribution is 0.0365. The highest BCUT2D eigenvalue weighted by Crippen LogP contribution is 2.23. The summed E-state index contributed by atoms with van der Waals surface area (Å²) in [6.45, 7) is 6.51. The molecule has 6 nitrogen and oxygen atoms in total. The van der Waals surface area contributed by atoms with Gasteiger partial charge in [-0.05, 0) is 37.6 Å². The number of carbonyl (C=O) groups is 1. The highest BCUT2D eigenvalue weighted by molar-refractivity contribution is 5.89. The number of hydrogen-bond donors (Lipinski definition) is 2. The highest BCUT2D eigenvalue weighted by atomic mass is 16.5. The smallest absolute Gasteiger partial charge is 0.319 e. The fourth-order valence-electron chi connectivity index (χ4n) is 2.93. The van der Waals surface area contributed by atoms with Crippen molar-refractivity contribution in [3.8, 4) is 11.5 Å². The van der Waals surface area contributed by atoms with Crippen LogP contribution in [0.1, 0.15) is 13.3 Å². The molecule has 2 aromatic rings. The lowest BCUT2D eigenvalue weighted by Gasteiger charge is -2.27. The van der Waals surface area contributed by atoms with E-state index in [-0.39, 0.29) is 12.1 Å². The average molecular weight is 369 g/mol. The Balaban J connectivity index is 1.45. The molecule has 0 saturated carbocycles. The van der Waals surface area contributed by atoms with Crippen LogP contribution >= 0.6 is 0 Å². The predicted octanol–water partition coefficient (Wildman–Crippen LogP) is 3.71. The Labute approximate surface area is 160 Å². The van der Waals surface area contributed by atoms with Gasteiger partial charge in [0.05, 0.1) is 13.2 Å². The van der Waals surface area contributed by atoms with E-state index >= 15 is 0 Å². The molecule has 0 aromatic heterocycles. The van der Waals surface area contributed by atoms with Crippen LogP contribution in [0.15, 0.2) is 54.6 Å². The van der Waals surface area contributed by atoms with Gasteiger partial charge in [0.15, 0.2) is 0 Å². The Morgan fingerprint density at radius 1 is 1.11 bits per heavy atom. The molecule has 3 rings (SSSR count). The quantitative estimate of drug-likeness (QED) is 0.781. The second kappa shape index (κ2) is 9.94. The van der Waals surface area contributed by atoms with E-state index in [0.717, 1.165) is 45.0 Å². The van der Waals surface area contributed by atoms with Crippen molar-refractivity contribution in [1.82, 2.24) is 10.2 Å². The topological polar surface area (TPSA) is 62.8 Å². The zero-order valence-electron chi connectivity index (χ0n) is 15.7. The van der Waals surface area contributed by atoms with E-state index < -0.39 is 0 Å². The van der Waals surface area contributed by atoms with Crippen LogP contribution in [0.3, 0.4) is 0 Å². The Morgan fingerprint density at radius 2 is 1.85 bits per heavy atom. The van der Waals surface area contributed by atoms with Crippen LogP contribution in [0, 0.1) is 0 Å². The van der Waals surface area contributed by atoms with Gasteiger partial charge in [0.2, 0.25) is 0 Å². The minimum atomic E-state index is -0.207. The van der Waals surface area contributed by atoms with Crippen LogP contribution in [0.25, 0.3) is 0 Å². The van der Waals surface area contributed by atoms with Gasteiger partial charge in [-0.1, -0.05) is 24.3 Å². The number of benzene rings is 2. The molecule has 1 aliphatic rings. The van der Waals surface area contributed by atoms with E-state index in [9.17, 15) is 4.79 Å². The number of urea groups is 1.